The average molecular weight is 427 g/mol. The summed E-state index contributed by atoms with van der Waals surface area (Å²) in [5.41, 5.74) is -0.284. The van der Waals surface area contributed by atoms with E-state index in [1.54, 1.807) is 36.4 Å². The highest BCUT2D eigenvalue weighted by molar-refractivity contribution is 7.91. The van der Waals surface area contributed by atoms with Crippen molar-refractivity contribution in [2.24, 2.45) is 4.99 Å². The third-order valence-corrected chi connectivity index (χ3v) is 6.13. The van der Waals surface area contributed by atoms with E-state index in [1.807, 2.05) is 6.92 Å². The molecule has 29 heavy (non-hydrogen) atoms. The smallest absolute Gasteiger partial charge is 0.353 e. The molecule has 1 unspecified atom stereocenters. The van der Waals surface area contributed by atoms with Gasteiger partial charge in [-0.2, -0.15) is 13.2 Å². The maximum absolute atomic E-state index is 12.8. The zero-order chi connectivity index (χ0) is 21.5. The van der Waals surface area contributed by atoms with Crippen molar-refractivity contribution in [3.63, 3.8) is 0 Å². The molecule has 2 aromatic carbocycles. The molecule has 0 aliphatic carbocycles. The minimum atomic E-state index is -4.41. The predicted octanol–water partition coefficient (Wildman–Crippen LogP) is 3.62. The number of benzene rings is 2. The van der Waals surface area contributed by atoms with Crippen LogP contribution in [0.25, 0.3) is 0 Å². The zero-order valence-corrected chi connectivity index (χ0v) is 17.0. The number of guanidine groups is 1. The van der Waals surface area contributed by atoms with Crippen LogP contribution >= 0.6 is 0 Å². The van der Waals surface area contributed by atoms with Gasteiger partial charge in [0, 0.05) is 19.6 Å². The van der Waals surface area contributed by atoms with Crippen molar-refractivity contribution in [1.29, 1.82) is 0 Å². The fourth-order valence-electron chi connectivity index (χ4n) is 2.68. The first-order valence-corrected chi connectivity index (χ1v) is 10.7. The van der Waals surface area contributed by atoms with E-state index in [9.17, 15) is 21.6 Å². The molecule has 0 fully saturated rings. The minimum absolute atomic E-state index is 0.117. The Morgan fingerprint density at radius 1 is 1.10 bits per heavy atom. The molecule has 0 heterocycles. The zero-order valence-electron chi connectivity index (χ0n) is 16.2. The van der Waals surface area contributed by atoms with Crippen LogP contribution in [0.5, 0.6) is 0 Å². The van der Waals surface area contributed by atoms with Crippen LogP contribution in [0.1, 0.15) is 24.5 Å². The van der Waals surface area contributed by atoms with Gasteiger partial charge in [0.1, 0.15) is 0 Å². The standard InChI is InChI=1S/C20H24F3N3O2S/c1-3-17(14-29(27,28)18-10-5-4-6-11-18)26-19(24-2)25-13-15-8-7-9-16(12-15)20(21,22)23/h4-12,17H,3,13-14H2,1-2H3,(H2,24,25,26). The molecule has 2 rings (SSSR count). The van der Waals surface area contributed by atoms with Gasteiger partial charge < -0.3 is 10.6 Å². The highest BCUT2D eigenvalue weighted by atomic mass is 32.2. The molecule has 1 atom stereocenters. The molecule has 0 saturated heterocycles. The van der Waals surface area contributed by atoms with Crippen molar-refractivity contribution < 1.29 is 21.6 Å². The molecular formula is C20H24F3N3O2S. The van der Waals surface area contributed by atoms with Gasteiger partial charge in [0.05, 0.1) is 16.2 Å². The first kappa shape index (κ1) is 22.7. The maximum atomic E-state index is 12.8. The summed E-state index contributed by atoms with van der Waals surface area (Å²) >= 11 is 0. The van der Waals surface area contributed by atoms with Gasteiger partial charge in [-0.05, 0) is 36.2 Å². The topological polar surface area (TPSA) is 70.6 Å². The van der Waals surface area contributed by atoms with E-state index in [1.165, 1.54) is 13.1 Å². The van der Waals surface area contributed by atoms with E-state index < -0.39 is 27.6 Å². The van der Waals surface area contributed by atoms with Crippen LogP contribution in [0.3, 0.4) is 0 Å². The van der Waals surface area contributed by atoms with Crippen LogP contribution in [0.15, 0.2) is 64.5 Å². The molecule has 0 radical (unpaired) electrons. The van der Waals surface area contributed by atoms with Gasteiger partial charge in [0.15, 0.2) is 15.8 Å². The van der Waals surface area contributed by atoms with E-state index in [4.69, 9.17) is 0 Å². The van der Waals surface area contributed by atoms with Crippen LogP contribution in [0, 0.1) is 0 Å². The highest BCUT2D eigenvalue weighted by Gasteiger charge is 2.30. The van der Waals surface area contributed by atoms with Crippen molar-refractivity contribution >= 4 is 15.8 Å². The van der Waals surface area contributed by atoms with Gasteiger partial charge in [0.2, 0.25) is 0 Å². The van der Waals surface area contributed by atoms with E-state index in [2.05, 4.69) is 15.6 Å². The molecule has 0 aromatic heterocycles. The van der Waals surface area contributed by atoms with E-state index in [-0.39, 0.29) is 17.2 Å². The summed E-state index contributed by atoms with van der Waals surface area (Å²) in [6, 6.07) is 12.8. The Morgan fingerprint density at radius 2 is 1.79 bits per heavy atom. The lowest BCUT2D eigenvalue weighted by Crippen LogP contribution is -2.45. The van der Waals surface area contributed by atoms with E-state index >= 15 is 0 Å². The van der Waals surface area contributed by atoms with Crippen molar-refractivity contribution in [2.45, 2.75) is 37.0 Å². The van der Waals surface area contributed by atoms with Crippen molar-refractivity contribution in [3.05, 3.63) is 65.7 Å². The maximum Gasteiger partial charge on any atom is 0.416 e. The molecule has 0 spiro atoms. The fourth-order valence-corrected chi connectivity index (χ4v) is 4.29. The Morgan fingerprint density at radius 3 is 2.38 bits per heavy atom. The van der Waals surface area contributed by atoms with Crippen molar-refractivity contribution in [3.8, 4) is 0 Å². The van der Waals surface area contributed by atoms with E-state index in [0.717, 1.165) is 12.1 Å². The van der Waals surface area contributed by atoms with Gasteiger partial charge in [0.25, 0.3) is 0 Å². The number of nitrogens with one attached hydrogen (secondary N) is 2. The first-order valence-electron chi connectivity index (χ1n) is 9.07. The summed E-state index contributed by atoms with van der Waals surface area (Å²) in [5, 5.41) is 5.96. The highest BCUT2D eigenvalue weighted by Crippen LogP contribution is 2.29. The second-order valence-electron chi connectivity index (χ2n) is 6.47. The van der Waals surface area contributed by atoms with Crippen LogP contribution in [-0.4, -0.2) is 33.2 Å². The molecule has 5 nitrogen and oxygen atoms in total. The normalized spacial score (nSPS) is 13.8. The molecule has 158 valence electrons. The molecule has 0 amide bonds. The lowest BCUT2D eigenvalue weighted by molar-refractivity contribution is -0.137. The monoisotopic (exact) mass is 427 g/mol. The number of alkyl halides is 3. The Hall–Kier alpha value is -2.55. The quantitative estimate of drug-likeness (QED) is 0.523. The van der Waals surface area contributed by atoms with Gasteiger partial charge in [-0.15, -0.1) is 0 Å². The average Bonchev–Trinajstić information content (AvgIpc) is 2.70. The van der Waals surface area contributed by atoms with E-state index in [0.29, 0.717) is 17.9 Å². The summed E-state index contributed by atoms with van der Waals surface area (Å²) in [6.07, 6.45) is -3.88. The summed E-state index contributed by atoms with van der Waals surface area (Å²) in [5.74, 6) is 0.190. The number of hydrogen-bond donors (Lipinski definition) is 2. The summed E-state index contributed by atoms with van der Waals surface area (Å²) in [4.78, 5) is 4.28. The van der Waals surface area contributed by atoms with Crippen LogP contribution in [-0.2, 0) is 22.6 Å². The molecule has 0 aliphatic heterocycles. The molecule has 0 bridgehead atoms. The Labute approximate surface area is 169 Å². The lowest BCUT2D eigenvalue weighted by Gasteiger charge is -2.20. The summed E-state index contributed by atoms with van der Waals surface area (Å²) in [6.45, 7) is 1.96. The molecular weight excluding hydrogens is 403 g/mol. The van der Waals surface area contributed by atoms with Crippen LogP contribution in [0.4, 0.5) is 13.2 Å². The van der Waals surface area contributed by atoms with Crippen molar-refractivity contribution in [2.75, 3.05) is 12.8 Å². The largest absolute Gasteiger partial charge is 0.416 e. The van der Waals surface area contributed by atoms with Crippen LogP contribution in [0.2, 0.25) is 0 Å². The molecule has 2 aromatic rings. The fraction of sp³-hybridized carbons (Fsp3) is 0.350. The second kappa shape index (κ2) is 9.78. The summed E-state index contributed by atoms with van der Waals surface area (Å²) < 4.78 is 63.7. The SMILES string of the molecule is CCC(CS(=O)(=O)c1ccccc1)NC(=NC)NCc1cccc(C(F)(F)F)c1. The number of nitrogens with zero attached hydrogens (tertiary/aromatic N) is 1. The third kappa shape index (κ3) is 6.77. The third-order valence-electron chi connectivity index (χ3n) is 4.29. The summed E-state index contributed by atoms with van der Waals surface area (Å²) in [7, 11) is -1.97. The van der Waals surface area contributed by atoms with Gasteiger partial charge >= 0.3 is 6.18 Å². The second-order valence-corrected chi connectivity index (χ2v) is 8.50. The number of aliphatic imine (C=N–C) groups is 1. The predicted molar refractivity (Wildman–Crippen MR) is 107 cm³/mol. The van der Waals surface area contributed by atoms with Gasteiger partial charge in [-0.1, -0.05) is 37.3 Å². The Bertz CT molecular complexity index is 929. The molecule has 0 aliphatic rings. The number of hydrogen-bond acceptors (Lipinski definition) is 3. The van der Waals surface area contributed by atoms with Crippen LogP contribution < -0.4 is 10.6 Å². The first-order chi connectivity index (χ1) is 13.7. The Balaban J connectivity index is 2.01. The van der Waals surface area contributed by atoms with Gasteiger partial charge in [-0.3, -0.25) is 4.99 Å². The lowest BCUT2D eigenvalue weighted by atomic mass is 10.1. The molecule has 9 heteroatoms. The number of rotatable bonds is 7. The number of sulfone groups is 1. The van der Waals surface area contributed by atoms with Crippen molar-refractivity contribution in [1.82, 2.24) is 10.6 Å². The molecule has 2 N–H and O–H groups in total. The number of halogens is 3. The van der Waals surface area contributed by atoms with Gasteiger partial charge in [-0.25, -0.2) is 8.42 Å². The Kier molecular flexibility index (Phi) is 7.66. The minimum Gasteiger partial charge on any atom is -0.353 e. The molecule has 0 saturated carbocycles.